The van der Waals surface area contributed by atoms with Gasteiger partial charge < -0.3 is 25.3 Å². The van der Waals surface area contributed by atoms with Gasteiger partial charge in [0.1, 0.15) is 6.04 Å². The van der Waals surface area contributed by atoms with E-state index >= 15 is 0 Å². The number of carbonyl (C=O) groups is 2. The van der Waals surface area contributed by atoms with Crippen molar-refractivity contribution in [1.29, 1.82) is 0 Å². The number of anilines is 1. The highest BCUT2D eigenvalue weighted by atomic mass is 32.1. The number of hydrogen-bond donors (Lipinski definition) is 3. The lowest BCUT2D eigenvalue weighted by molar-refractivity contribution is -0.139. The molecule has 21 heavy (non-hydrogen) atoms. The Morgan fingerprint density at radius 1 is 1.38 bits per heavy atom. The lowest BCUT2D eigenvalue weighted by atomic mass is 10.2. The largest absolute Gasteiger partial charge is 0.480 e. The van der Waals surface area contributed by atoms with Crippen molar-refractivity contribution in [2.45, 2.75) is 12.5 Å². The fraction of sp³-hybridized carbons (Fsp3) is 0.583. The van der Waals surface area contributed by atoms with Crippen molar-refractivity contribution in [3.8, 4) is 0 Å². The van der Waals surface area contributed by atoms with Crippen LogP contribution in [0.25, 0.3) is 0 Å². The van der Waals surface area contributed by atoms with E-state index in [0.717, 1.165) is 5.13 Å². The third-order valence-electron chi connectivity index (χ3n) is 3.27. The zero-order chi connectivity index (χ0) is 15.2. The number of piperazine rings is 1. The maximum Gasteiger partial charge on any atom is 0.326 e. The number of urea groups is 1. The van der Waals surface area contributed by atoms with Crippen molar-refractivity contribution in [3.05, 3.63) is 11.6 Å². The van der Waals surface area contributed by atoms with Crippen molar-refractivity contribution in [2.75, 3.05) is 37.7 Å². The number of carbonyl (C=O) groups excluding carboxylic acids is 1. The number of aromatic nitrogens is 1. The summed E-state index contributed by atoms with van der Waals surface area (Å²) in [5, 5.41) is 23.0. The number of nitrogens with one attached hydrogen (secondary N) is 1. The van der Waals surface area contributed by atoms with E-state index in [1.54, 1.807) is 22.4 Å². The van der Waals surface area contributed by atoms with Gasteiger partial charge in [-0.05, 0) is 0 Å². The molecule has 0 bridgehead atoms. The normalized spacial score (nSPS) is 16.6. The summed E-state index contributed by atoms with van der Waals surface area (Å²) in [7, 11) is 0. The zero-order valence-corrected chi connectivity index (χ0v) is 12.3. The Balaban J connectivity index is 1.83. The Labute approximate surface area is 126 Å². The molecule has 1 aliphatic heterocycles. The highest BCUT2D eigenvalue weighted by Gasteiger charge is 2.26. The minimum atomic E-state index is -1.14. The molecule has 9 heteroatoms. The third-order valence-corrected chi connectivity index (χ3v) is 4.10. The molecular weight excluding hydrogens is 296 g/mol. The van der Waals surface area contributed by atoms with Gasteiger partial charge >= 0.3 is 12.0 Å². The van der Waals surface area contributed by atoms with Crippen molar-refractivity contribution in [3.63, 3.8) is 0 Å². The Kier molecular flexibility index (Phi) is 5.34. The molecule has 1 unspecified atom stereocenters. The molecular formula is C12H18N4O4S. The SMILES string of the molecule is O=C(O)C(CCO)NC(=O)N1CCN(c2nccs2)CC1. The predicted molar refractivity (Wildman–Crippen MR) is 77.6 cm³/mol. The van der Waals surface area contributed by atoms with E-state index in [0.29, 0.717) is 26.2 Å². The lowest BCUT2D eigenvalue weighted by Gasteiger charge is -2.35. The average Bonchev–Trinajstić information content (AvgIpc) is 3.01. The van der Waals surface area contributed by atoms with Gasteiger partial charge in [-0.1, -0.05) is 0 Å². The molecule has 1 aliphatic rings. The molecule has 1 aromatic heterocycles. The van der Waals surface area contributed by atoms with E-state index in [4.69, 9.17) is 10.2 Å². The molecule has 8 nitrogen and oxygen atoms in total. The van der Waals surface area contributed by atoms with Gasteiger partial charge in [-0.2, -0.15) is 0 Å². The number of thiazole rings is 1. The van der Waals surface area contributed by atoms with Crippen LogP contribution in [0.5, 0.6) is 0 Å². The first-order valence-electron chi connectivity index (χ1n) is 6.65. The number of amides is 2. The summed E-state index contributed by atoms with van der Waals surface area (Å²) < 4.78 is 0. The first-order chi connectivity index (χ1) is 10.1. The molecule has 2 heterocycles. The Morgan fingerprint density at radius 3 is 2.62 bits per heavy atom. The average molecular weight is 314 g/mol. The summed E-state index contributed by atoms with van der Waals surface area (Å²) in [5.74, 6) is -1.14. The topological polar surface area (TPSA) is 106 Å². The molecule has 1 aromatic rings. The second-order valence-electron chi connectivity index (χ2n) is 4.64. The van der Waals surface area contributed by atoms with Crippen LogP contribution in [0.1, 0.15) is 6.42 Å². The van der Waals surface area contributed by atoms with Gasteiger partial charge in [0, 0.05) is 50.8 Å². The Hall–Kier alpha value is -1.87. The second kappa shape index (κ2) is 7.23. The number of nitrogens with zero attached hydrogens (tertiary/aromatic N) is 3. The molecule has 0 spiro atoms. The highest BCUT2D eigenvalue weighted by molar-refractivity contribution is 7.13. The molecule has 1 fully saturated rings. The number of carboxylic acid groups (broad SMARTS) is 1. The molecule has 1 atom stereocenters. The molecule has 2 amide bonds. The van der Waals surface area contributed by atoms with Crippen LogP contribution < -0.4 is 10.2 Å². The molecule has 116 valence electrons. The van der Waals surface area contributed by atoms with Crippen LogP contribution in [0.15, 0.2) is 11.6 Å². The zero-order valence-electron chi connectivity index (χ0n) is 11.4. The van der Waals surface area contributed by atoms with Crippen molar-refractivity contribution in [2.24, 2.45) is 0 Å². The van der Waals surface area contributed by atoms with Crippen molar-refractivity contribution >= 4 is 28.5 Å². The molecule has 0 saturated carbocycles. The first kappa shape index (κ1) is 15.5. The van der Waals surface area contributed by atoms with E-state index < -0.39 is 18.0 Å². The summed E-state index contributed by atoms with van der Waals surface area (Å²) in [6, 6.07) is -1.46. The number of aliphatic hydroxyl groups is 1. The van der Waals surface area contributed by atoms with E-state index in [-0.39, 0.29) is 13.0 Å². The first-order valence-corrected chi connectivity index (χ1v) is 7.53. The second-order valence-corrected chi connectivity index (χ2v) is 5.51. The van der Waals surface area contributed by atoms with Crippen LogP contribution >= 0.6 is 11.3 Å². The van der Waals surface area contributed by atoms with Crippen LogP contribution in [0.4, 0.5) is 9.93 Å². The minimum absolute atomic E-state index is 0.000152. The van der Waals surface area contributed by atoms with Crippen LogP contribution in [-0.4, -0.2) is 70.9 Å². The summed E-state index contributed by atoms with van der Waals surface area (Å²) in [5.41, 5.74) is 0. The minimum Gasteiger partial charge on any atom is -0.480 e. The standard InChI is InChI=1S/C12H18N4O4S/c17-7-1-9(10(18)19)14-11(20)15-3-5-16(6-4-15)12-13-2-8-21-12/h2,8-9,17H,1,3-7H2,(H,14,20)(H,18,19). The van der Waals surface area contributed by atoms with Crippen LogP contribution in [0.3, 0.4) is 0 Å². The maximum absolute atomic E-state index is 12.0. The summed E-state index contributed by atoms with van der Waals surface area (Å²) in [6.07, 6.45) is 1.74. The number of aliphatic carboxylic acids is 1. The van der Waals surface area contributed by atoms with Gasteiger partial charge in [-0.25, -0.2) is 14.6 Å². The monoisotopic (exact) mass is 314 g/mol. The van der Waals surface area contributed by atoms with Gasteiger partial charge in [0.05, 0.1) is 0 Å². The Morgan fingerprint density at radius 2 is 2.10 bits per heavy atom. The molecule has 1 saturated heterocycles. The fourth-order valence-electron chi connectivity index (χ4n) is 2.10. The lowest BCUT2D eigenvalue weighted by Crippen LogP contribution is -2.54. The van der Waals surface area contributed by atoms with Crippen molar-refractivity contribution in [1.82, 2.24) is 15.2 Å². The van der Waals surface area contributed by atoms with E-state index in [9.17, 15) is 9.59 Å². The molecule has 0 aliphatic carbocycles. The predicted octanol–water partition coefficient (Wildman–Crippen LogP) is -0.190. The summed E-state index contributed by atoms with van der Waals surface area (Å²) in [6.45, 7) is 2.07. The summed E-state index contributed by atoms with van der Waals surface area (Å²) >= 11 is 1.55. The maximum atomic E-state index is 12.0. The number of aliphatic hydroxyl groups excluding tert-OH is 1. The van der Waals surface area contributed by atoms with Gasteiger partial charge in [0.25, 0.3) is 0 Å². The molecule has 0 radical (unpaired) electrons. The third kappa shape index (κ3) is 4.05. The quantitative estimate of drug-likeness (QED) is 0.695. The molecule has 3 N–H and O–H groups in total. The van der Waals surface area contributed by atoms with E-state index in [1.165, 1.54) is 0 Å². The van der Waals surface area contributed by atoms with Gasteiger partial charge in [0.15, 0.2) is 5.13 Å². The number of hydrogen-bond acceptors (Lipinski definition) is 6. The van der Waals surface area contributed by atoms with Gasteiger partial charge in [-0.15, -0.1) is 11.3 Å². The van der Waals surface area contributed by atoms with Crippen LogP contribution in [0.2, 0.25) is 0 Å². The summed E-state index contributed by atoms with van der Waals surface area (Å²) in [4.78, 5) is 30.9. The van der Waals surface area contributed by atoms with Crippen molar-refractivity contribution < 1.29 is 19.8 Å². The van der Waals surface area contributed by atoms with E-state index in [2.05, 4.69) is 15.2 Å². The molecule has 2 rings (SSSR count). The Bertz CT molecular complexity index is 474. The van der Waals surface area contributed by atoms with Gasteiger partial charge in [-0.3, -0.25) is 0 Å². The van der Waals surface area contributed by atoms with E-state index in [1.807, 2.05) is 5.38 Å². The smallest absolute Gasteiger partial charge is 0.326 e. The number of carboxylic acids is 1. The highest BCUT2D eigenvalue weighted by Crippen LogP contribution is 2.18. The van der Waals surface area contributed by atoms with Gasteiger partial charge in [0.2, 0.25) is 0 Å². The van der Waals surface area contributed by atoms with Crippen LogP contribution in [-0.2, 0) is 4.79 Å². The number of rotatable bonds is 5. The molecule has 0 aromatic carbocycles. The fourth-order valence-corrected chi connectivity index (χ4v) is 2.80. The van der Waals surface area contributed by atoms with Crippen LogP contribution in [0, 0.1) is 0 Å².